The third-order valence-corrected chi connectivity index (χ3v) is 5.90. The molecular formula is C15H19BrClN3S. The Morgan fingerprint density at radius 3 is 3.00 bits per heavy atom. The van der Waals surface area contributed by atoms with Gasteiger partial charge in [0.15, 0.2) is 5.65 Å². The fourth-order valence-corrected chi connectivity index (χ4v) is 4.47. The largest absolute Gasteiger partial charge is 0.308 e. The van der Waals surface area contributed by atoms with Crippen LogP contribution in [0.5, 0.6) is 0 Å². The third-order valence-electron chi connectivity index (χ3n) is 4.18. The lowest BCUT2D eigenvalue weighted by Gasteiger charge is -2.30. The van der Waals surface area contributed by atoms with Crippen LogP contribution in [0.25, 0.3) is 11.2 Å². The molecule has 2 aromatic heterocycles. The molecule has 0 N–H and O–H groups in total. The molecule has 21 heavy (non-hydrogen) atoms. The average Bonchev–Trinajstić information content (AvgIpc) is 2.86. The van der Waals surface area contributed by atoms with E-state index in [1.807, 2.05) is 30.9 Å². The van der Waals surface area contributed by atoms with Gasteiger partial charge in [0.1, 0.15) is 11.3 Å². The molecule has 0 radical (unpaired) electrons. The molecule has 3 nitrogen and oxygen atoms in total. The highest BCUT2D eigenvalue weighted by Crippen LogP contribution is 2.38. The number of nitrogens with zero attached hydrogens (tertiary/aromatic N) is 3. The normalized spacial score (nSPS) is 24.4. The highest BCUT2D eigenvalue weighted by atomic mass is 79.9. The highest BCUT2D eigenvalue weighted by molar-refractivity contribution is 9.10. The molecular weight excluding hydrogens is 370 g/mol. The van der Waals surface area contributed by atoms with Crippen LogP contribution >= 0.6 is 39.3 Å². The van der Waals surface area contributed by atoms with Crippen molar-refractivity contribution < 1.29 is 0 Å². The second-order valence-electron chi connectivity index (χ2n) is 5.63. The highest BCUT2D eigenvalue weighted by Gasteiger charge is 2.27. The zero-order valence-corrected chi connectivity index (χ0v) is 15.4. The molecule has 2 heterocycles. The molecule has 1 saturated carbocycles. The molecule has 1 fully saturated rings. The zero-order valence-electron chi connectivity index (χ0n) is 12.2. The maximum absolute atomic E-state index is 6.38. The first kappa shape index (κ1) is 15.6. The summed E-state index contributed by atoms with van der Waals surface area (Å²) in [6, 6.07) is 2.49. The molecule has 3 unspecified atom stereocenters. The number of fused-ring (bicyclic) bond motifs is 1. The number of aromatic nitrogens is 3. The van der Waals surface area contributed by atoms with Gasteiger partial charge in [-0.05, 0) is 54.4 Å². The van der Waals surface area contributed by atoms with Crippen molar-refractivity contribution >= 4 is 50.5 Å². The first-order valence-corrected chi connectivity index (χ1v) is 9.82. The van der Waals surface area contributed by atoms with Crippen molar-refractivity contribution in [1.29, 1.82) is 0 Å². The molecule has 6 heteroatoms. The molecule has 0 bridgehead atoms. The first-order valence-electron chi connectivity index (χ1n) is 7.30. The van der Waals surface area contributed by atoms with Gasteiger partial charge in [-0.2, -0.15) is 11.8 Å². The number of thioether (sulfide) groups is 1. The van der Waals surface area contributed by atoms with Gasteiger partial charge < -0.3 is 4.57 Å². The molecule has 1 aliphatic rings. The standard InChI is InChI=1S/C15H19BrClN3S/c1-9(17)14-19-13-6-10(16)8-18-15(13)20(14)11-4-3-5-12(7-11)21-2/h6,8-9,11-12H,3-5,7H2,1-2H3. The lowest BCUT2D eigenvalue weighted by Crippen LogP contribution is -2.22. The molecule has 2 aromatic rings. The molecule has 1 aliphatic carbocycles. The lowest BCUT2D eigenvalue weighted by molar-refractivity contribution is 0.358. The van der Waals surface area contributed by atoms with Crippen molar-refractivity contribution in [3.63, 3.8) is 0 Å². The Labute approximate surface area is 143 Å². The Bertz CT molecular complexity index is 643. The Kier molecular flexibility index (Phi) is 4.81. The summed E-state index contributed by atoms with van der Waals surface area (Å²) in [4.78, 5) is 9.33. The van der Waals surface area contributed by atoms with Gasteiger partial charge in [-0.25, -0.2) is 9.97 Å². The van der Waals surface area contributed by atoms with Gasteiger partial charge in [-0.1, -0.05) is 6.42 Å². The Balaban J connectivity index is 2.08. The number of hydrogen-bond donors (Lipinski definition) is 0. The number of alkyl halides is 1. The van der Waals surface area contributed by atoms with E-state index in [4.69, 9.17) is 16.6 Å². The second kappa shape index (κ2) is 6.47. The van der Waals surface area contributed by atoms with E-state index in [0.717, 1.165) is 26.7 Å². The molecule has 3 atom stereocenters. The summed E-state index contributed by atoms with van der Waals surface area (Å²) in [5, 5.41) is 0.628. The predicted molar refractivity (Wildman–Crippen MR) is 94.3 cm³/mol. The second-order valence-corrected chi connectivity index (χ2v) is 8.34. The number of rotatable bonds is 3. The number of pyridine rings is 1. The third kappa shape index (κ3) is 3.10. The van der Waals surface area contributed by atoms with E-state index in [1.165, 1.54) is 25.7 Å². The summed E-state index contributed by atoms with van der Waals surface area (Å²) < 4.78 is 3.25. The van der Waals surface area contributed by atoms with E-state index in [1.54, 1.807) is 0 Å². The predicted octanol–water partition coefficient (Wildman–Crippen LogP) is 5.34. The Morgan fingerprint density at radius 1 is 1.48 bits per heavy atom. The molecule has 3 rings (SSSR count). The fraction of sp³-hybridized carbons (Fsp3) is 0.600. The summed E-state index contributed by atoms with van der Waals surface area (Å²) in [6.07, 6.45) is 9.01. The smallest absolute Gasteiger partial charge is 0.160 e. The topological polar surface area (TPSA) is 30.7 Å². The van der Waals surface area contributed by atoms with E-state index < -0.39 is 0 Å². The summed E-state index contributed by atoms with van der Waals surface area (Å²) in [7, 11) is 0. The van der Waals surface area contributed by atoms with Crippen LogP contribution in [0, 0.1) is 0 Å². The molecule has 0 aliphatic heterocycles. The number of hydrogen-bond acceptors (Lipinski definition) is 3. The van der Waals surface area contributed by atoms with Crippen molar-refractivity contribution in [1.82, 2.24) is 14.5 Å². The minimum atomic E-state index is -0.104. The maximum atomic E-state index is 6.38. The van der Waals surface area contributed by atoms with E-state index in [-0.39, 0.29) is 5.38 Å². The fourth-order valence-electron chi connectivity index (χ4n) is 3.18. The minimum absolute atomic E-state index is 0.104. The van der Waals surface area contributed by atoms with Crippen molar-refractivity contribution in [2.75, 3.05) is 6.26 Å². The minimum Gasteiger partial charge on any atom is -0.308 e. The zero-order chi connectivity index (χ0) is 15.0. The molecule has 0 spiro atoms. The van der Waals surface area contributed by atoms with Crippen LogP contribution in [0.3, 0.4) is 0 Å². The summed E-state index contributed by atoms with van der Waals surface area (Å²) in [5.41, 5.74) is 1.89. The lowest BCUT2D eigenvalue weighted by atomic mass is 9.94. The molecule has 114 valence electrons. The molecule has 0 saturated heterocycles. The van der Waals surface area contributed by atoms with Crippen LogP contribution in [0.15, 0.2) is 16.7 Å². The van der Waals surface area contributed by atoms with Crippen molar-refractivity contribution in [3.05, 3.63) is 22.6 Å². The maximum Gasteiger partial charge on any atom is 0.160 e. The Morgan fingerprint density at radius 2 is 2.29 bits per heavy atom. The summed E-state index contributed by atoms with van der Waals surface area (Å²) in [6.45, 7) is 1.99. The quantitative estimate of drug-likeness (QED) is 0.665. The van der Waals surface area contributed by atoms with Gasteiger partial charge in [-0.3, -0.25) is 0 Å². The van der Waals surface area contributed by atoms with Gasteiger partial charge in [0.05, 0.1) is 5.38 Å². The number of imidazole rings is 1. The van der Waals surface area contributed by atoms with E-state index in [2.05, 4.69) is 31.7 Å². The van der Waals surface area contributed by atoms with E-state index in [9.17, 15) is 0 Å². The van der Waals surface area contributed by atoms with E-state index in [0.29, 0.717) is 6.04 Å². The van der Waals surface area contributed by atoms with Crippen LogP contribution < -0.4 is 0 Å². The van der Waals surface area contributed by atoms with Crippen LogP contribution in [0.1, 0.15) is 49.9 Å². The van der Waals surface area contributed by atoms with Gasteiger partial charge in [0, 0.05) is 22.0 Å². The van der Waals surface area contributed by atoms with Gasteiger partial charge in [0.2, 0.25) is 0 Å². The SMILES string of the molecule is CSC1CCCC(n2c(C(C)Cl)nc3cc(Br)cnc32)C1. The monoisotopic (exact) mass is 387 g/mol. The van der Waals surface area contributed by atoms with Gasteiger partial charge in [-0.15, -0.1) is 11.6 Å². The average molecular weight is 389 g/mol. The van der Waals surface area contributed by atoms with Crippen LogP contribution in [0.2, 0.25) is 0 Å². The van der Waals surface area contributed by atoms with Crippen LogP contribution in [0.4, 0.5) is 0 Å². The Hall–Kier alpha value is -0.260. The van der Waals surface area contributed by atoms with Gasteiger partial charge >= 0.3 is 0 Å². The number of halogens is 2. The van der Waals surface area contributed by atoms with Crippen LogP contribution in [-0.2, 0) is 0 Å². The van der Waals surface area contributed by atoms with Crippen molar-refractivity contribution in [2.45, 2.75) is 49.3 Å². The summed E-state index contributed by atoms with van der Waals surface area (Å²) >= 11 is 11.8. The van der Waals surface area contributed by atoms with Crippen molar-refractivity contribution in [3.8, 4) is 0 Å². The molecule has 0 aromatic carbocycles. The van der Waals surface area contributed by atoms with Crippen LogP contribution in [-0.4, -0.2) is 26.0 Å². The first-order chi connectivity index (χ1) is 10.1. The molecule has 0 amide bonds. The van der Waals surface area contributed by atoms with Gasteiger partial charge in [0.25, 0.3) is 0 Å². The summed E-state index contributed by atoms with van der Waals surface area (Å²) in [5.74, 6) is 0.948. The van der Waals surface area contributed by atoms with Crippen molar-refractivity contribution in [2.24, 2.45) is 0 Å². The van der Waals surface area contributed by atoms with E-state index >= 15 is 0 Å².